The number of aromatic nitrogens is 2. The average molecular weight is 455 g/mol. The van der Waals surface area contributed by atoms with Crippen LogP contribution in [0.1, 0.15) is 37.3 Å². The van der Waals surface area contributed by atoms with Crippen LogP contribution in [-0.2, 0) is 0 Å². The molecule has 1 fully saturated rings. The minimum atomic E-state index is -0.694. The number of rotatable bonds is 7. The monoisotopic (exact) mass is 454 g/mol. The van der Waals surface area contributed by atoms with Gasteiger partial charge in [0, 0.05) is 11.8 Å². The highest BCUT2D eigenvalue weighted by Crippen LogP contribution is 2.34. The van der Waals surface area contributed by atoms with Crippen molar-refractivity contribution < 1.29 is 24.1 Å². The van der Waals surface area contributed by atoms with Crippen LogP contribution in [0, 0.1) is 5.82 Å². The Balaban J connectivity index is 1.51. The molecule has 1 saturated carbocycles. The third-order valence-electron chi connectivity index (χ3n) is 5.76. The van der Waals surface area contributed by atoms with Crippen molar-refractivity contribution in [3.63, 3.8) is 0 Å². The molecule has 8 nitrogen and oxygen atoms in total. The highest BCUT2D eigenvalue weighted by molar-refractivity contribution is 5.91. The zero-order chi connectivity index (χ0) is 23.2. The molecule has 1 aliphatic rings. The molecule has 5 N–H and O–H groups in total. The van der Waals surface area contributed by atoms with Crippen LogP contribution in [0.3, 0.4) is 0 Å². The second-order valence-electron chi connectivity index (χ2n) is 8.13. The summed E-state index contributed by atoms with van der Waals surface area (Å²) in [6.07, 6.45) is 5.89. The molecule has 0 aliphatic heterocycles. The number of aliphatic hydroxyl groups is 2. The van der Waals surface area contributed by atoms with Crippen LogP contribution in [-0.4, -0.2) is 45.3 Å². The van der Waals surface area contributed by atoms with Crippen LogP contribution < -0.4 is 15.4 Å². The van der Waals surface area contributed by atoms with E-state index in [9.17, 15) is 19.4 Å². The van der Waals surface area contributed by atoms with Crippen molar-refractivity contribution >= 4 is 11.7 Å². The number of amides is 2. The zero-order valence-electron chi connectivity index (χ0n) is 18.0. The fraction of sp³-hybridized carbons (Fsp3) is 0.333. The molecule has 0 bridgehead atoms. The largest absolute Gasteiger partial charge is 0.488 e. The number of nitrogens with zero attached hydrogens (tertiary/aromatic N) is 1. The predicted molar refractivity (Wildman–Crippen MR) is 121 cm³/mol. The summed E-state index contributed by atoms with van der Waals surface area (Å²) in [5, 5.41) is 31.7. The molecule has 0 spiro atoms. The molecule has 174 valence electrons. The molecule has 1 atom stereocenters. The van der Waals surface area contributed by atoms with Crippen LogP contribution in [0.5, 0.6) is 5.75 Å². The van der Waals surface area contributed by atoms with Crippen molar-refractivity contribution in [1.82, 2.24) is 15.5 Å². The highest BCUT2D eigenvalue weighted by atomic mass is 19.1. The van der Waals surface area contributed by atoms with E-state index in [0.29, 0.717) is 29.8 Å². The first-order valence-electron chi connectivity index (χ1n) is 10.9. The van der Waals surface area contributed by atoms with Gasteiger partial charge in [-0.05, 0) is 61.1 Å². The number of hydrogen-bond donors (Lipinski definition) is 5. The Bertz CT molecular complexity index is 1050. The van der Waals surface area contributed by atoms with Gasteiger partial charge in [-0.1, -0.05) is 18.2 Å². The number of benzene rings is 2. The van der Waals surface area contributed by atoms with Crippen LogP contribution >= 0.6 is 0 Å². The molecule has 1 unspecified atom stereocenters. The van der Waals surface area contributed by atoms with E-state index in [1.54, 1.807) is 18.5 Å². The molecule has 3 aromatic rings. The molecule has 1 heterocycles. The van der Waals surface area contributed by atoms with Gasteiger partial charge in [0.1, 0.15) is 11.6 Å². The molecule has 0 radical (unpaired) electrons. The van der Waals surface area contributed by atoms with Crippen LogP contribution in [0.4, 0.5) is 14.9 Å². The van der Waals surface area contributed by atoms with Gasteiger partial charge >= 0.3 is 6.03 Å². The maximum absolute atomic E-state index is 13.2. The molecule has 4 rings (SSSR count). The third-order valence-corrected chi connectivity index (χ3v) is 5.76. The number of nitrogens with one attached hydrogen (secondary N) is 3. The molecule has 2 amide bonds. The van der Waals surface area contributed by atoms with E-state index in [-0.39, 0.29) is 18.8 Å². The van der Waals surface area contributed by atoms with Crippen molar-refractivity contribution in [2.75, 3.05) is 11.9 Å². The summed E-state index contributed by atoms with van der Waals surface area (Å²) in [6.45, 7) is -0.341. The van der Waals surface area contributed by atoms with Crippen molar-refractivity contribution in [3.8, 4) is 16.9 Å². The van der Waals surface area contributed by atoms with Crippen molar-refractivity contribution in [3.05, 3.63) is 66.2 Å². The number of carbonyl (C=O) groups is 1. The van der Waals surface area contributed by atoms with Gasteiger partial charge in [0.15, 0.2) is 0 Å². The zero-order valence-corrected chi connectivity index (χ0v) is 18.0. The van der Waals surface area contributed by atoms with Gasteiger partial charge in [-0.25, -0.2) is 9.18 Å². The number of aromatic amines is 1. The molecule has 9 heteroatoms. The van der Waals surface area contributed by atoms with Gasteiger partial charge in [-0.2, -0.15) is 5.10 Å². The summed E-state index contributed by atoms with van der Waals surface area (Å²) in [4.78, 5) is 12.7. The van der Waals surface area contributed by atoms with Crippen LogP contribution in [0.15, 0.2) is 54.9 Å². The molecule has 2 aromatic carbocycles. The smallest absolute Gasteiger partial charge is 0.319 e. The first-order valence-corrected chi connectivity index (χ1v) is 10.9. The van der Waals surface area contributed by atoms with Gasteiger partial charge in [0.2, 0.25) is 0 Å². The van der Waals surface area contributed by atoms with E-state index in [0.717, 1.165) is 24.0 Å². The third kappa shape index (κ3) is 5.88. The lowest BCUT2D eigenvalue weighted by atomic mass is 9.95. The normalized spacial score (nSPS) is 19.0. The molecule has 33 heavy (non-hydrogen) atoms. The fourth-order valence-corrected chi connectivity index (χ4v) is 3.90. The van der Waals surface area contributed by atoms with Gasteiger partial charge in [-0.15, -0.1) is 0 Å². The Morgan fingerprint density at radius 2 is 1.91 bits per heavy atom. The standard InChI is InChI=1S/C24H27FN4O4/c25-18-4-1-15(2-5-18)22(14-30)29-24(32)28-21-10-3-16(17-12-26-27-13-17)11-23(21)33-20-8-6-19(31)7-9-20/h1-5,10-13,19-20,22,30-31H,6-9,14H2,(H,26,27)(H2,28,29,32). The highest BCUT2D eigenvalue weighted by Gasteiger charge is 2.23. The van der Waals surface area contributed by atoms with Crippen molar-refractivity contribution in [1.29, 1.82) is 0 Å². The number of urea groups is 1. The number of H-pyrrole nitrogens is 1. The lowest BCUT2D eigenvalue weighted by Crippen LogP contribution is -2.34. The summed E-state index contributed by atoms with van der Waals surface area (Å²) >= 11 is 0. The Morgan fingerprint density at radius 1 is 1.15 bits per heavy atom. The lowest BCUT2D eigenvalue weighted by molar-refractivity contribution is 0.0669. The van der Waals surface area contributed by atoms with Crippen LogP contribution in [0.2, 0.25) is 0 Å². The SMILES string of the molecule is O=C(Nc1ccc(-c2cn[nH]c2)cc1OC1CCC(O)CC1)NC(CO)c1ccc(F)cc1. The molecule has 0 saturated heterocycles. The first-order chi connectivity index (χ1) is 16.0. The Kier molecular flexibility index (Phi) is 7.21. The molecule has 1 aliphatic carbocycles. The summed E-state index contributed by atoms with van der Waals surface area (Å²) in [5.74, 6) is 0.113. The summed E-state index contributed by atoms with van der Waals surface area (Å²) < 4.78 is 19.4. The van der Waals surface area contributed by atoms with E-state index in [1.165, 1.54) is 24.3 Å². The lowest BCUT2D eigenvalue weighted by Gasteiger charge is -2.27. The number of carbonyl (C=O) groups excluding carboxylic acids is 1. The maximum atomic E-state index is 13.2. The summed E-state index contributed by atoms with van der Waals surface area (Å²) in [6, 6.07) is 9.80. The minimum Gasteiger partial charge on any atom is -0.488 e. The Hall–Kier alpha value is -3.43. The van der Waals surface area contributed by atoms with Crippen molar-refractivity contribution in [2.24, 2.45) is 0 Å². The Labute approximate surface area is 190 Å². The molecular weight excluding hydrogens is 427 g/mol. The van der Waals surface area contributed by atoms with E-state index in [1.807, 2.05) is 12.1 Å². The van der Waals surface area contributed by atoms with Gasteiger partial charge < -0.3 is 25.6 Å². The van der Waals surface area contributed by atoms with Gasteiger partial charge in [0.05, 0.1) is 36.7 Å². The number of anilines is 1. The molecule has 1 aromatic heterocycles. The fourth-order valence-electron chi connectivity index (χ4n) is 3.90. The topological polar surface area (TPSA) is 120 Å². The van der Waals surface area contributed by atoms with Crippen molar-refractivity contribution in [2.45, 2.75) is 43.9 Å². The van der Waals surface area contributed by atoms with E-state index >= 15 is 0 Å². The summed E-state index contributed by atoms with van der Waals surface area (Å²) in [7, 11) is 0. The van der Waals surface area contributed by atoms with E-state index < -0.39 is 17.9 Å². The summed E-state index contributed by atoms with van der Waals surface area (Å²) in [5.41, 5.74) is 2.81. The molecular formula is C24H27FN4O4. The first kappa shape index (κ1) is 22.8. The van der Waals surface area contributed by atoms with E-state index in [2.05, 4.69) is 20.8 Å². The van der Waals surface area contributed by atoms with E-state index in [4.69, 9.17) is 4.74 Å². The number of hydrogen-bond acceptors (Lipinski definition) is 5. The predicted octanol–water partition coefficient (Wildman–Crippen LogP) is 3.75. The second kappa shape index (κ2) is 10.5. The maximum Gasteiger partial charge on any atom is 0.319 e. The average Bonchev–Trinajstić information content (AvgIpc) is 3.36. The Morgan fingerprint density at radius 3 is 2.58 bits per heavy atom. The number of aliphatic hydroxyl groups excluding tert-OH is 2. The van der Waals surface area contributed by atoms with Gasteiger partial charge in [0.25, 0.3) is 0 Å². The second-order valence-corrected chi connectivity index (χ2v) is 8.13. The number of ether oxygens (including phenoxy) is 1. The number of halogens is 1. The minimum absolute atomic E-state index is 0.0685. The van der Waals surface area contributed by atoms with Gasteiger partial charge in [-0.3, -0.25) is 5.10 Å². The van der Waals surface area contributed by atoms with Crippen LogP contribution in [0.25, 0.3) is 11.1 Å². The quantitative estimate of drug-likeness (QED) is 0.372.